The molecule has 0 unspecified atom stereocenters. The van der Waals surface area contributed by atoms with E-state index in [4.69, 9.17) is 0 Å². The van der Waals surface area contributed by atoms with Gasteiger partial charge in [-0.15, -0.1) is 0 Å². The van der Waals surface area contributed by atoms with Crippen molar-refractivity contribution in [1.82, 2.24) is 0 Å². The molecule has 1 heterocycles. The topological polar surface area (TPSA) is 23.5 Å². The van der Waals surface area contributed by atoms with Crippen molar-refractivity contribution in [2.24, 2.45) is 5.41 Å². The van der Waals surface area contributed by atoms with Gasteiger partial charge in [0.2, 0.25) is 0 Å². The molecular weight excluding hydrogens is 294 g/mol. The first-order valence-corrected chi connectivity index (χ1v) is 9.58. The lowest BCUT2D eigenvalue weighted by molar-refractivity contribution is 0.299. The molecule has 2 heteroatoms. The normalized spacial score (nSPS) is 19.7. The summed E-state index contributed by atoms with van der Waals surface area (Å²) in [6.07, 6.45) is 17.4. The summed E-state index contributed by atoms with van der Waals surface area (Å²) in [5.41, 5.74) is 4.58. The molecule has 0 amide bonds. The molecule has 1 N–H and O–H groups in total. The lowest BCUT2D eigenvalue weighted by Gasteiger charge is -2.35. The maximum absolute atomic E-state index is 9.25. The zero-order valence-corrected chi connectivity index (χ0v) is 15.0. The largest absolute Gasteiger partial charge is 0.396 e. The molecule has 0 aromatic heterocycles. The number of hydrogen-bond acceptors (Lipinski definition) is 2. The number of hydrogen-bond donors (Lipinski definition) is 1. The molecule has 130 valence electrons. The van der Waals surface area contributed by atoms with Gasteiger partial charge in [-0.05, 0) is 61.1 Å². The van der Waals surface area contributed by atoms with E-state index in [9.17, 15) is 5.11 Å². The van der Waals surface area contributed by atoms with Gasteiger partial charge in [0.15, 0.2) is 0 Å². The van der Waals surface area contributed by atoms with E-state index in [2.05, 4.69) is 54.3 Å². The van der Waals surface area contributed by atoms with Crippen molar-refractivity contribution in [3.8, 4) is 0 Å². The number of unbranched alkanes of at least 4 members (excludes halogenated alkanes) is 1. The Kier molecular flexibility index (Phi) is 5.78. The van der Waals surface area contributed by atoms with Gasteiger partial charge in [0.05, 0.1) is 0 Å². The minimum Gasteiger partial charge on any atom is -0.396 e. The number of piperidine rings is 1. The van der Waals surface area contributed by atoms with Gasteiger partial charge in [0.1, 0.15) is 0 Å². The van der Waals surface area contributed by atoms with Gasteiger partial charge in [0, 0.05) is 25.4 Å². The Morgan fingerprint density at radius 2 is 1.92 bits per heavy atom. The molecule has 0 radical (unpaired) electrons. The summed E-state index contributed by atoms with van der Waals surface area (Å²) in [6, 6.07) is 6.66. The van der Waals surface area contributed by atoms with Gasteiger partial charge in [-0.2, -0.15) is 0 Å². The summed E-state index contributed by atoms with van der Waals surface area (Å²) in [5.74, 6) is 0. The molecule has 0 atom stereocenters. The first-order valence-electron chi connectivity index (χ1n) is 9.58. The van der Waals surface area contributed by atoms with Crippen LogP contribution >= 0.6 is 0 Å². The predicted octanol–water partition coefficient (Wildman–Crippen LogP) is 4.97. The van der Waals surface area contributed by atoms with E-state index in [1.807, 2.05) is 0 Å². The summed E-state index contributed by atoms with van der Waals surface area (Å²) < 4.78 is 0. The molecule has 3 rings (SSSR count). The van der Waals surface area contributed by atoms with Crippen LogP contribution in [0, 0.1) is 5.41 Å². The van der Waals surface area contributed by atoms with Crippen LogP contribution in [0.5, 0.6) is 0 Å². The maximum Gasteiger partial charge on any atom is 0.0471 e. The summed E-state index contributed by atoms with van der Waals surface area (Å²) in [6.45, 7) is 4.77. The zero-order chi connectivity index (χ0) is 16.8. The molecule has 2 nitrogen and oxygen atoms in total. The molecule has 1 aromatic rings. The number of anilines is 1. The third kappa shape index (κ3) is 4.30. The van der Waals surface area contributed by atoms with Gasteiger partial charge in [0.25, 0.3) is 0 Å². The third-order valence-electron chi connectivity index (χ3n) is 5.60. The summed E-state index contributed by atoms with van der Waals surface area (Å²) >= 11 is 0. The van der Waals surface area contributed by atoms with Crippen molar-refractivity contribution < 1.29 is 5.11 Å². The monoisotopic (exact) mass is 325 g/mol. The highest BCUT2D eigenvalue weighted by Gasteiger charge is 2.44. The molecule has 0 bridgehead atoms. The van der Waals surface area contributed by atoms with Crippen molar-refractivity contribution in [3.05, 3.63) is 47.6 Å². The molecule has 1 saturated carbocycles. The fourth-order valence-electron chi connectivity index (χ4n) is 3.69. The molecule has 1 aliphatic heterocycles. The number of aliphatic hydroxyl groups is 1. The average molecular weight is 325 g/mol. The van der Waals surface area contributed by atoms with Crippen LogP contribution < -0.4 is 4.90 Å². The smallest absolute Gasteiger partial charge is 0.0471 e. The number of nitrogens with zero attached hydrogens (tertiary/aromatic N) is 1. The van der Waals surface area contributed by atoms with Crippen molar-refractivity contribution in [3.63, 3.8) is 0 Å². The van der Waals surface area contributed by atoms with Crippen molar-refractivity contribution >= 4 is 11.8 Å². The van der Waals surface area contributed by atoms with E-state index in [-0.39, 0.29) is 6.61 Å². The van der Waals surface area contributed by atoms with Gasteiger partial charge in [-0.3, -0.25) is 0 Å². The van der Waals surface area contributed by atoms with Crippen molar-refractivity contribution in [2.75, 3.05) is 24.6 Å². The number of rotatable bonds is 7. The second-order valence-electron chi connectivity index (χ2n) is 7.43. The lowest BCUT2D eigenvalue weighted by atomic mass is 9.92. The number of aliphatic hydroxyl groups excluding tert-OH is 1. The van der Waals surface area contributed by atoms with Crippen LogP contribution in [0.25, 0.3) is 6.08 Å². The van der Waals surface area contributed by atoms with E-state index in [1.165, 1.54) is 62.0 Å². The zero-order valence-electron chi connectivity index (χ0n) is 15.0. The van der Waals surface area contributed by atoms with E-state index in [1.54, 1.807) is 0 Å². The molecule has 2 fully saturated rings. The molecule has 2 aliphatic rings. The van der Waals surface area contributed by atoms with Gasteiger partial charge < -0.3 is 10.0 Å². The molecule has 1 spiro atoms. The van der Waals surface area contributed by atoms with Crippen LogP contribution in [0.3, 0.4) is 0 Å². The van der Waals surface area contributed by atoms with E-state index in [0.717, 1.165) is 12.8 Å². The van der Waals surface area contributed by atoms with Crippen molar-refractivity contribution in [1.29, 1.82) is 0 Å². The minimum absolute atomic E-state index is 0.220. The van der Waals surface area contributed by atoms with Gasteiger partial charge in [-0.25, -0.2) is 0 Å². The van der Waals surface area contributed by atoms with Gasteiger partial charge in [-0.1, -0.05) is 49.8 Å². The van der Waals surface area contributed by atoms with Crippen LogP contribution in [0.2, 0.25) is 0 Å². The van der Waals surface area contributed by atoms with Crippen LogP contribution in [-0.4, -0.2) is 24.8 Å². The lowest BCUT2D eigenvalue weighted by Crippen LogP contribution is -2.34. The first-order chi connectivity index (χ1) is 11.8. The summed E-state index contributed by atoms with van der Waals surface area (Å²) in [4.78, 5) is 2.56. The van der Waals surface area contributed by atoms with Crippen LogP contribution in [-0.2, 0) is 6.42 Å². The fraction of sp³-hybridized carbons (Fsp3) is 0.545. The van der Waals surface area contributed by atoms with Crippen LogP contribution in [0.1, 0.15) is 56.6 Å². The molecule has 1 saturated heterocycles. The Hall–Kier alpha value is -1.54. The minimum atomic E-state index is 0.220. The molecular formula is C22H31NO. The molecule has 1 aromatic carbocycles. The summed E-state index contributed by atoms with van der Waals surface area (Å²) in [5, 5.41) is 9.25. The highest BCUT2D eigenvalue weighted by atomic mass is 16.2. The quantitative estimate of drug-likeness (QED) is 0.715. The van der Waals surface area contributed by atoms with Gasteiger partial charge >= 0.3 is 0 Å². The summed E-state index contributed by atoms with van der Waals surface area (Å²) in [7, 11) is 0. The molecule has 24 heavy (non-hydrogen) atoms. The Labute approximate surface area is 146 Å². The van der Waals surface area contributed by atoms with E-state index < -0.39 is 0 Å². The predicted molar refractivity (Wildman–Crippen MR) is 103 cm³/mol. The Balaban J connectivity index is 1.76. The Bertz CT molecular complexity index is 588. The standard InChI is InChI=1S/C22H31NO/c1-2-3-4-5-6-7-20-9-8-19(10-17-24)18-21(20)23-15-13-22(11-12-22)14-16-23/h4-9,18,24H,2-3,10-17H2,1H3/b5-4-,7-6+. The second kappa shape index (κ2) is 8.02. The van der Waals surface area contributed by atoms with E-state index >= 15 is 0 Å². The van der Waals surface area contributed by atoms with Crippen LogP contribution in [0.15, 0.2) is 36.4 Å². The third-order valence-corrected chi connectivity index (χ3v) is 5.60. The average Bonchev–Trinajstić information content (AvgIpc) is 3.36. The van der Waals surface area contributed by atoms with Crippen molar-refractivity contribution in [2.45, 2.75) is 51.9 Å². The molecule has 1 aliphatic carbocycles. The highest BCUT2D eigenvalue weighted by Crippen LogP contribution is 2.54. The number of allylic oxidation sites excluding steroid dienone is 3. The van der Waals surface area contributed by atoms with Crippen LogP contribution in [0.4, 0.5) is 5.69 Å². The second-order valence-corrected chi connectivity index (χ2v) is 7.43. The SMILES string of the molecule is CCC/C=C\C=C\c1ccc(CCO)cc1N1CCC2(CC1)CC2. The Morgan fingerprint density at radius 1 is 1.12 bits per heavy atom. The number of benzene rings is 1. The first kappa shape index (κ1) is 17.3. The maximum atomic E-state index is 9.25. The fourth-order valence-corrected chi connectivity index (χ4v) is 3.69. The highest BCUT2D eigenvalue weighted by molar-refractivity contribution is 5.69. The Morgan fingerprint density at radius 3 is 2.58 bits per heavy atom. The van der Waals surface area contributed by atoms with E-state index in [0.29, 0.717) is 5.41 Å².